The van der Waals surface area contributed by atoms with Gasteiger partial charge in [0.25, 0.3) is 0 Å². The van der Waals surface area contributed by atoms with E-state index >= 15 is 0 Å². The summed E-state index contributed by atoms with van der Waals surface area (Å²) >= 11 is 0. The van der Waals surface area contributed by atoms with Crippen LogP contribution in [-0.4, -0.2) is 44.0 Å². The third kappa shape index (κ3) is 5.20. The highest BCUT2D eigenvalue weighted by molar-refractivity contribution is 6.00. The average molecular weight is 722 g/mol. The number of para-hydroxylation sites is 3. The van der Waals surface area contributed by atoms with Gasteiger partial charge in [0, 0.05) is 52.4 Å². The molecule has 1 aliphatic carbocycles. The van der Waals surface area contributed by atoms with Gasteiger partial charge in [-0.1, -0.05) is 115 Å². The minimum atomic E-state index is 0.447. The van der Waals surface area contributed by atoms with Gasteiger partial charge in [-0.2, -0.15) is 9.97 Å². The number of hydrogen-bond acceptors (Lipinski definition) is 7. The fraction of sp³-hybridized carbons (Fsp3) is 0.0426. The molecule has 0 spiro atoms. The van der Waals surface area contributed by atoms with Gasteiger partial charge in [-0.05, 0) is 48.2 Å². The van der Waals surface area contributed by atoms with Gasteiger partial charge in [0.15, 0.2) is 23.3 Å². The summed E-state index contributed by atoms with van der Waals surface area (Å²) in [7, 11) is 0. The molecular formula is C47H31N9. The molecule has 0 aliphatic heterocycles. The van der Waals surface area contributed by atoms with E-state index in [1.54, 1.807) is 24.8 Å². The van der Waals surface area contributed by atoms with Crippen molar-refractivity contribution >= 4 is 21.8 Å². The Bertz CT molecular complexity index is 2940. The Labute approximate surface area is 321 Å². The summed E-state index contributed by atoms with van der Waals surface area (Å²) in [5.74, 6) is 2.63. The summed E-state index contributed by atoms with van der Waals surface area (Å²) < 4.78 is 4.61. The van der Waals surface area contributed by atoms with Crippen molar-refractivity contribution in [3.05, 3.63) is 175 Å². The third-order valence-corrected chi connectivity index (χ3v) is 10.5. The Balaban J connectivity index is 1.16. The van der Waals surface area contributed by atoms with Crippen LogP contribution in [0.15, 0.2) is 164 Å². The summed E-state index contributed by atoms with van der Waals surface area (Å²) in [5, 5.41) is 2.42. The lowest BCUT2D eigenvalue weighted by Crippen LogP contribution is -2.12. The highest BCUT2D eigenvalue weighted by Crippen LogP contribution is 2.46. The lowest BCUT2D eigenvalue weighted by atomic mass is 9.92. The van der Waals surface area contributed by atoms with Crippen LogP contribution < -0.4 is 0 Å². The van der Waals surface area contributed by atoms with Gasteiger partial charge in [-0.25, -0.2) is 24.9 Å². The van der Waals surface area contributed by atoms with Gasteiger partial charge in [0.1, 0.15) is 0 Å². The second-order valence-corrected chi connectivity index (χ2v) is 13.8. The number of hydrogen-bond donors (Lipinski definition) is 0. The first-order chi connectivity index (χ1) is 27.8. The number of nitrogens with zero attached hydrogens (tertiary/aromatic N) is 9. The molecule has 0 unspecified atom stereocenters. The van der Waals surface area contributed by atoms with E-state index in [0.717, 1.165) is 52.1 Å². The molecule has 0 atom stereocenters. The number of benzene rings is 5. The first-order valence-electron chi connectivity index (χ1n) is 18.6. The molecule has 5 heterocycles. The SMILES string of the molecule is c1ccc(-c2ncc(-c3nc(-c4cnc(-c5ccccc5)nc4)nc(-n4c5c(c6ccccc64)CCc4c-5n(-c5ccccc5)c5ccccc45)n3)cn2)cc1. The summed E-state index contributed by atoms with van der Waals surface area (Å²) in [6.45, 7) is 0. The molecule has 0 N–H and O–H groups in total. The molecule has 0 radical (unpaired) electrons. The summed E-state index contributed by atoms with van der Waals surface area (Å²) in [6.07, 6.45) is 8.92. The van der Waals surface area contributed by atoms with Crippen molar-refractivity contribution in [2.24, 2.45) is 0 Å². The van der Waals surface area contributed by atoms with E-state index in [1.807, 2.05) is 60.7 Å². The molecule has 5 aromatic heterocycles. The van der Waals surface area contributed by atoms with Crippen LogP contribution in [0.4, 0.5) is 0 Å². The molecule has 264 valence electrons. The Hall–Kier alpha value is -7.65. The fourth-order valence-electron chi connectivity index (χ4n) is 8.00. The molecule has 9 heteroatoms. The first-order valence-corrected chi connectivity index (χ1v) is 18.6. The van der Waals surface area contributed by atoms with E-state index in [2.05, 4.69) is 88.0 Å². The minimum absolute atomic E-state index is 0.447. The second-order valence-electron chi connectivity index (χ2n) is 13.8. The molecule has 9 nitrogen and oxygen atoms in total. The zero-order valence-electron chi connectivity index (χ0n) is 30.0. The molecule has 0 saturated carbocycles. The van der Waals surface area contributed by atoms with Crippen LogP contribution in [0.3, 0.4) is 0 Å². The van der Waals surface area contributed by atoms with Crippen LogP contribution in [0.2, 0.25) is 0 Å². The van der Waals surface area contributed by atoms with Crippen molar-refractivity contribution < 1.29 is 0 Å². The highest BCUT2D eigenvalue weighted by atomic mass is 15.2. The van der Waals surface area contributed by atoms with Crippen molar-refractivity contribution in [2.45, 2.75) is 12.8 Å². The lowest BCUT2D eigenvalue weighted by molar-refractivity contribution is 0.887. The molecule has 1 aliphatic rings. The Kier molecular flexibility index (Phi) is 7.41. The predicted octanol–water partition coefficient (Wildman–Crippen LogP) is 9.77. The van der Waals surface area contributed by atoms with E-state index in [9.17, 15) is 0 Å². The maximum atomic E-state index is 5.24. The van der Waals surface area contributed by atoms with Gasteiger partial charge >= 0.3 is 0 Å². The van der Waals surface area contributed by atoms with Crippen LogP contribution in [0.5, 0.6) is 0 Å². The number of rotatable bonds is 6. The fourth-order valence-corrected chi connectivity index (χ4v) is 8.00. The number of fused-ring (bicyclic) bond motifs is 7. The highest BCUT2D eigenvalue weighted by Gasteiger charge is 2.32. The molecule has 5 aromatic carbocycles. The zero-order valence-corrected chi connectivity index (χ0v) is 30.0. The minimum Gasteiger partial charge on any atom is -0.307 e. The van der Waals surface area contributed by atoms with E-state index in [1.165, 1.54) is 21.9 Å². The molecular weight excluding hydrogens is 691 g/mol. The monoisotopic (exact) mass is 721 g/mol. The standard InChI is InChI=1S/C47H31N9/c1-4-14-30(15-5-1)43-48-26-32(27-49-43)45-52-46(33-28-50-44(51-29-33)31-16-6-2-7-17-31)54-47(53-45)56-40-23-13-11-21-36(40)38-25-24-37-35-20-10-12-22-39(35)55(41(37)42(38)56)34-18-8-3-9-19-34/h1-23,26-29H,24-25H2. The Morgan fingerprint density at radius 1 is 0.357 bits per heavy atom. The zero-order chi connectivity index (χ0) is 37.0. The second kappa shape index (κ2) is 13.0. The molecule has 10 aromatic rings. The van der Waals surface area contributed by atoms with Crippen LogP contribution in [0.25, 0.3) is 90.4 Å². The topological polar surface area (TPSA) is 100 Å². The maximum Gasteiger partial charge on any atom is 0.238 e. The maximum absolute atomic E-state index is 5.24. The van der Waals surface area contributed by atoms with Crippen molar-refractivity contribution in [1.29, 1.82) is 0 Å². The Morgan fingerprint density at radius 2 is 0.768 bits per heavy atom. The Morgan fingerprint density at radius 3 is 1.27 bits per heavy atom. The largest absolute Gasteiger partial charge is 0.307 e. The van der Waals surface area contributed by atoms with Gasteiger partial charge < -0.3 is 4.57 Å². The predicted molar refractivity (Wildman–Crippen MR) is 219 cm³/mol. The quantitative estimate of drug-likeness (QED) is 0.169. The lowest BCUT2D eigenvalue weighted by Gasteiger charge is -2.20. The van der Waals surface area contributed by atoms with Gasteiger partial charge in [0.05, 0.1) is 33.5 Å². The summed E-state index contributed by atoms with van der Waals surface area (Å²) in [6, 6.07) is 47.7. The molecule has 56 heavy (non-hydrogen) atoms. The number of aryl methyl sites for hydroxylation is 2. The van der Waals surface area contributed by atoms with Crippen LogP contribution in [0.1, 0.15) is 11.1 Å². The van der Waals surface area contributed by atoms with Crippen molar-refractivity contribution in [2.75, 3.05) is 0 Å². The smallest absolute Gasteiger partial charge is 0.238 e. The molecule has 0 amide bonds. The van der Waals surface area contributed by atoms with Crippen molar-refractivity contribution in [3.8, 4) is 68.6 Å². The van der Waals surface area contributed by atoms with Gasteiger partial charge in [0.2, 0.25) is 5.95 Å². The molecule has 11 rings (SSSR count). The molecule has 0 bridgehead atoms. The van der Waals surface area contributed by atoms with E-state index in [-0.39, 0.29) is 0 Å². The molecule has 0 saturated heterocycles. The van der Waals surface area contributed by atoms with Gasteiger partial charge in [-0.15, -0.1) is 0 Å². The van der Waals surface area contributed by atoms with E-state index < -0.39 is 0 Å². The normalized spacial score (nSPS) is 12.1. The molecule has 0 fully saturated rings. The van der Waals surface area contributed by atoms with Gasteiger partial charge in [-0.3, -0.25) is 4.57 Å². The average Bonchev–Trinajstić information content (AvgIpc) is 3.80. The van der Waals surface area contributed by atoms with Crippen molar-refractivity contribution in [1.82, 2.24) is 44.0 Å². The van der Waals surface area contributed by atoms with Crippen LogP contribution >= 0.6 is 0 Å². The first kappa shape index (κ1) is 31.8. The summed E-state index contributed by atoms with van der Waals surface area (Å²) in [4.78, 5) is 34.5. The number of aromatic nitrogens is 9. The van der Waals surface area contributed by atoms with Crippen LogP contribution in [0, 0.1) is 0 Å². The van der Waals surface area contributed by atoms with Crippen molar-refractivity contribution in [3.63, 3.8) is 0 Å². The van der Waals surface area contributed by atoms with Crippen LogP contribution in [-0.2, 0) is 12.8 Å². The third-order valence-electron chi connectivity index (χ3n) is 10.5. The van der Waals surface area contributed by atoms with E-state index in [4.69, 9.17) is 34.9 Å². The van der Waals surface area contributed by atoms with E-state index in [0.29, 0.717) is 40.4 Å². The summed E-state index contributed by atoms with van der Waals surface area (Å²) in [5.41, 5.74) is 11.3.